The Labute approximate surface area is 157 Å². The van der Waals surface area contributed by atoms with Crippen LogP contribution in [0.5, 0.6) is 0 Å². The lowest BCUT2D eigenvalue weighted by atomic mass is 9.93. The van der Waals surface area contributed by atoms with Crippen molar-refractivity contribution in [2.45, 2.75) is 37.8 Å². The summed E-state index contributed by atoms with van der Waals surface area (Å²) in [5.41, 5.74) is 0. The third-order valence-electron chi connectivity index (χ3n) is 4.83. The minimum Gasteiger partial charge on any atom is -0.377 e. The van der Waals surface area contributed by atoms with E-state index in [2.05, 4.69) is 55.0 Å². The average Bonchev–Trinajstić information content (AvgIpc) is 2.63. The average molecular weight is 412 g/mol. The number of halogens is 1. The molecule has 3 atom stereocenters. The summed E-state index contributed by atoms with van der Waals surface area (Å²) in [6, 6.07) is 6.64. The van der Waals surface area contributed by atoms with Gasteiger partial charge in [0.05, 0.1) is 12.7 Å². The fourth-order valence-electron chi connectivity index (χ4n) is 3.45. The number of ether oxygens (including phenoxy) is 1. The van der Waals surface area contributed by atoms with Crippen molar-refractivity contribution in [3.05, 3.63) is 35.0 Å². The summed E-state index contributed by atoms with van der Waals surface area (Å²) in [6.07, 6.45) is 11.0. The lowest BCUT2D eigenvalue weighted by Gasteiger charge is -2.39. The van der Waals surface area contributed by atoms with Crippen LogP contribution in [0.4, 0.5) is 5.82 Å². The second-order valence-electron chi connectivity index (χ2n) is 6.49. The van der Waals surface area contributed by atoms with Gasteiger partial charge in [0, 0.05) is 31.2 Å². The molecule has 1 aliphatic heterocycles. The third kappa shape index (κ3) is 4.97. The number of piperidine rings is 1. The van der Waals surface area contributed by atoms with Crippen LogP contribution in [0.25, 0.3) is 0 Å². The predicted molar refractivity (Wildman–Crippen MR) is 106 cm³/mol. The summed E-state index contributed by atoms with van der Waals surface area (Å²) >= 11 is 5.30. The van der Waals surface area contributed by atoms with E-state index in [0.717, 1.165) is 51.2 Å². The molecule has 3 rings (SSSR count). The Morgan fingerprint density at radius 3 is 3.04 bits per heavy atom. The first kappa shape index (κ1) is 18.2. The smallest absolute Gasteiger partial charge is 0.128 e. The molecule has 3 unspecified atom stereocenters. The van der Waals surface area contributed by atoms with Crippen molar-refractivity contribution < 1.29 is 4.74 Å². The Bertz CT molecular complexity index is 542. The van der Waals surface area contributed by atoms with Crippen LogP contribution >= 0.6 is 27.9 Å². The number of hydrogen-bond donors (Lipinski definition) is 1. The molecule has 6 heteroatoms. The van der Waals surface area contributed by atoms with Crippen LogP contribution in [-0.4, -0.2) is 43.1 Å². The second kappa shape index (κ2) is 9.22. The first-order valence-corrected chi connectivity index (χ1v) is 10.7. The third-order valence-corrected chi connectivity index (χ3v) is 6.09. The first-order valence-electron chi connectivity index (χ1n) is 8.67. The van der Waals surface area contributed by atoms with E-state index in [4.69, 9.17) is 4.74 Å². The zero-order valence-electron chi connectivity index (χ0n) is 14.2. The molecule has 4 nitrogen and oxygen atoms in total. The fourth-order valence-corrected chi connectivity index (χ4v) is 4.47. The van der Waals surface area contributed by atoms with E-state index in [9.17, 15) is 0 Å². The molecule has 132 valence electrons. The van der Waals surface area contributed by atoms with Crippen molar-refractivity contribution in [3.8, 4) is 0 Å². The number of allylic oxidation sites excluding steroid dienone is 1. The molecule has 1 fully saturated rings. The fraction of sp³-hybridized carbons (Fsp3) is 0.611. The van der Waals surface area contributed by atoms with Gasteiger partial charge in [-0.15, -0.1) is 0 Å². The highest BCUT2D eigenvalue weighted by Gasteiger charge is 2.30. The quantitative estimate of drug-likeness (QED) is 0.716. The summed E-state index contributed by atoms with van der Waals surface area (Å²) in [5, 5.41) is 0. The van der Waals surface area contributed by atoms with E-state index in [1.807, 2.05) is 12.3 Å². The van der Waals surface area contributed by atoms with Gasteiger partial charge >= 0.3 is 0 Å². The van der Waals surface area contributed by atoms with Gasteiger partial charge < -0.3 is 9.64 Å². The molecular weight excluding hydrogens is 386 g/mol. The molecule has 1 aliphatic carbocycles. The van der Waals surface area contributed by atoms with E-state index in [1.165, 1.54) is 4.48 Å². The zero-order chi connectivity index (χ0) is 16.8. The molecule has 0 bridgehead atoms. The van der Waals surface area contributed by atoms with Gasteiger partial charge in [-0.3, -0.25) is 4.72 Å². The Kier molecular flexibility index (Phi) is 7.01. The maximum absolute atomic E-state index is 6.27. The zero-order valence-corrected chi connectivity index (χ0v) is 16.6. The van der Waals surface area contributed by atoms with Gasteiger partial charge in [0.1, 0.15) is 5.82 Å². The first-order chi connectivity index (χ1) is 11.8. The maximum atomic E-state index is 6.27. The monoisotopic (exact) mass is 411 g/mol. The van der Waals surface area contributed by atoms with Crippen molar-refractivity contribution in [2.24, 2.45) is 5.92 Å². The van der Waals surface area contributed by atoms with Gasteiger partial charge in [0.25, 0.3) is 0 Å². The molecule has 2 aliphatic rings. The van der Waals surface area contributed by atoms with Gasteiger partial charge in [-0.25, -0.2) is 4.98 Å². The second-order valence-corrected chi connectivity index (χ2v) is 8.15. The van der Waals surface area contributed by atoms with Crippen molar-refractivity contribution in [3.63, 3.8) is 0 Å². The number of pyridine rings is 1. The van der Waals surface area contributed by atoms with Crippen molar-refractivity contribution in [1.82, 2.24) is 9.71 Å². The van der Waals surface area contributed by atoms with E-state index in [0.29, 0.717) is 18.1 Å². The Morgan fingerprint density at radius 2 is 2.33 bits per heavy atom. The molecule has 2 heterocycles. The Morgan fingerprint density at radius 1 is 1.42 bits per heavy atom. The van der Waals surface area contributed by atoms with Crippen LogP contribution < -0.4 is 9.62 Å². The van der Waals surface area contributed by atoms with Gasteiger partial charge in [-0.2, -0.15) is 0 Å². The predicted octanol–water partition coefficient (Wildman–Crippen LogP) is 3.99. The number of anilines is 1. The summed E-state index contributed by atoms with van der Waals surface area (Å²) in [4.78, 5) is 6.91. The molecule has 0 aromatic carbocycles. The van der Waals surface area contributed by atoms with Crippen LogP contribution in [0.15, 0.2) is 35.0 Å². The van der Waals surface area contributed by atoms with Crippen LogP contribution in [0.2, 0.25) is 0 Å². The standard InChI is InChI=1S/C18H26BrN3OS/c1-24-21-17-9-11-22(18-4-2-3-10-20-18)12-14(17)13-23-16-7-5-15(19)6-8-16/h2-5,10,14,16-17,21H,6-9,11-13H2,1H3. The van der Waals surface area contributed by atoms with Gasteiger partial charge in [-0.05, 0) is 48.6 Å². The summed E-state index contributed by atoms with van der Waals surface area (Å²) < 4.78 is 11.2. The number of rotatable bonds is 6. The van der Waals surface area contributed by atoms with E-state index >= 15 is 0 Å². The minimum absolute atomic E-state index is 0.367. The van der Waals surface area contributed by atoms with E-state index in [-0.39, 0.29) is 0 Å². The number of nitrogens with zero attached hydrogens (tertiary/aromatic N) is 2. The van der Waals surface area contributed by atoms with E-state index < -0.39 is 0 Å². The Balaban J connectivity index is 1.58. The Hall–Kier alpha value is -0.560. The maximum Gasteiger partial charge on any atom is 0.128 e. The van der Waals surface area contributed by atoms with Crippen LogP contribution in [-0.2, 0) is 4.74 Å². The summed E-state index contributed by atoms with van der Waals surface area (Å²) in [7, 11) is 0. The number of hydrogen-bond acceptors (Lipinski definition) is 5. The highest BCUT2D eigenvalue weighted by molar-refractivity contribution is 9.11. The van der Waals surface area contributed by atoms with Crippen molar-refractivity contribution in [2.75, 3.05) is 30.9 Å². The highest BCUT2D eigenvalue weighted by atomic mass is 79.9. The molecule has 1 aromatic heterocycles. The van der Waals surface area contributed by atoms with Gasteiger partial charge in [0.15, 0.2) is 0 Å². The minimum atomic E-state index is 0.367. The highest BCUT2D eigenvalue weighted by Crippen LogP contribution is 2.27. The van der Waals surface area contributed by atoms with Crippen molar-refractivity contribution >= 4 is 33.7 Å². The molecule has 0 radical (unpaired) electrons. The van der Waals surface area contributed by atoms with Gasteiger partial charge in [-0.1, -0.05) is 40.0 Å². The summed E-state index contributed by atoms with van der Waals surface area (Å²) in [6.45, 7) is 2.87. The molecule has 1 aromatic rings. The van der Waals surface area contributed by atoms with Crippen LogP contribution in [0, 0.1) is 5.92 Å². The lowest BCUT2D eigenvalue weighted by Crippen LogP contribution is -2.50. The molecule has 1 saturated heterocycles. The number of aromatic nitrogens is 1. The number of nitrogens with one attached hydrogen (secondary N) is 1. The topological polar surface area (TPSA) is 37.4 Å². The largest absolute Gasteiger partial charge is 0.377 e. The molecule has 0 saturated carbocycles. The normalized spacial score (nSPS) is 27.8. The lowest BCUT2D eigenvalue weighted by molar-refractivity contribution is 0.0158. The van der Waals surface area contributed by atoms with Crippen LogP contribution in [0.1, 0.15) is 25.7 Å². The molecule has 1 N–H and O–H groups in total. The van der Waals surface area contributed by atoms with Gasteiger partial charge in [0.2, 0.25) is 0 Å². The van der Waals surface area contributed by atoms with E-state index in [1.54, 1.807) is 11.9 Å². The molecule has 0 amide bonds. The molecular formula is C18H26BrN3OS. The SMILES string of the molecule is CSNC1CCN(c2ccccn2)CC1COC1CC=C(Br)CC1. The summed E-state index contributed by atoms with van der Waals surface area (Å²) in [5.74, 6) is 1.57. The molecule has 24 heavy (non-hydrogen) atoms. The van der Waals surface area contributed by atoms with Crippen molar-refractivity contribution in [1.29, 1.82) is 0 Å². The van der Waals surface area contributed by atoms with Crippen LogP contribution in [0.3, 0.4) is 0 Å². The molecule has 0 spiro atoms.